The van der Waals surface area contributed by atoms with Crippen molar-refractivity contribution in [2.24, 2.45) is 5.10 Å². The number of nitrogens with one attached hydrogen (secondary N) is 1. The van der Waals surface area contributed by atoms with Crippen molar-refractivity contribution in [2.45, 2.75) is 6.92 Å². The molecule has 0 unspecified atom stereocenters. The van der Waals surface area contributed by atoms with E-state index in [1.807, 2.05) is 30.3 Å². The van der Waals surface area contributed by atoms with E-state index in [2.05, 4.69) is 35.8 Å². The summed E-state index contributed by atoms with van der Waals surface area (Å²) in [4.78, 5) is 13.0. The Balaban J connectivity index is 1.55. The molecule has 1 aliphatic heterocycles. The molecule has 32 heavy (non-hydrogen) atoms. The Morgan fingerprint density at radius 2 is 1.94 bits per heavy atom. The summed E-state index contributed by atoms with van der Waals surface area (Å²) < 4.78 is 16.8. The van der Waals surface area contributed by atoms with Gasteiger partial charge in [-0.3, -0.25) is 4.79 Å². The van der Waals surface area contributed by atoms with Crippen LogP contribution in [0.2, 0.25) is 0 Å². The molecule has 2 aromatic heterocycles. The largest absolute Gasteiger partial charge is 0.454 e. The van der Waals surface area contributed by atoms with Gasteiger partial charge in [-0.15, -0.1) is 5.10 Å². The maximum atomic E-state index is 13.0. The summed E-state index contributed by atoms with van der Waals surface area (Å²) >= 11 is 0. The normalized spacial score (nSPS) is 12.7. The molecule has 0 bridgehead atoms. The van der Waals surface area contributed by atoms with E-state index in [0.29, 0.717) is 28.5 Å². The monoisotopic (exact) mass is 432 g/mol. The van der Waals surface area contributed by atoms with Gasteiger partial charge in [0.15, 0.2) is 17.2 Å². The fraction of sp³-hybridized carbons (Fsp3) is 0.100. The van der Waals surface area contributed by atoms with Gasteiger partial charge in [0.05, 0.1) is 5.71 Å². The lowest BCUT2D eigenvalue weighted by atomic mass is 10.1. The van der Waals surface area contributed by atoms with Crippen molar-refractivity contribution in [1.82, 2.24) is 30.7 Å². The topological polar surface area (TPSA) is 156 Å². The molecule has 0 saturated heterocycles. The lowest BCUT2D eigenvalue weighted by Gasteiger charge is -2.07. The molecule has 4 aromatic rings. The van der Waals surface area contributed by atoms with Crippen molar-refractivity contribution in [2.75, 3.05) is 12.5 Å². The fourth-order valence-electron chi connectivity index (χ4n) is 3.16. The van der Waals surface area contributed by atoms with Crippen molar-refractivity contribution >= 4 is 17.4 Å². The molecule has 0 aliphatic carbocycles. The molecule has 0 fully saturated rings. The average Bonchev–Trinajstić information content (AvgIpc) is 3.56. The van der Waals surface area contributed by atoms with Crippen molar-refractivity contribution < 1.29 is 18.9 Å². The first-order valence-corrected chi connectivity index (χ1v) is 9.46. The highest BCUT2D eigenvalue weighted by atomic mass is 16.7. The molecule has 1 amide bonds. The molecule has 0 radical (unpaired) electrons. The molecule has 160 valence electrons. The summed E-state index contributed by atoms with van der Waals surface area (Å²) in [5.41, 5.74) is 10.7. The van der Waals surface area contributed by atoms with E-state index in [4.69, 9.17) is 15.2 Å². The van der Waals surface area contributed by atoms with Crippen LogP contribution in [0.5, 0.6) is 11.5 Å². The van der Waals surface area contributed by atoms with Gasteiger partial charge < -0.3 is 15.2 Å². The highest BCUT2D eigenvalue weighted by molar-refractivity contribution is 6.02. The van der Waals surface area contributed by atoms with Crippen LogP contribution in [-0.4, -0.2) is 43.7 Å². The summed E-state index contributed by atoms with van der Waals surface area (Å²) in [5.74, 6) is 0.611. The molecule has 3 N–H and O–H groups in total. The number of benzene rings is 2. The Kier molecular flexibility index (Phi) is 4.71. The molecule has 0 atom stereocenters. The van der Waals surface area contributed by atoms with Crippen LogP contribution >= 0.6 is 0 Å². The fourth-order valence-corrected chi connectivity index (χ4v) is 3.16. The first kappa shape index (κ1) is 19.2. The molecule has 2 aromatic carbocycles. The average molecular weight is 432 g/mol. The van der Waals surface area contributed by atoms with Crippen LogP contribution in [0.25, 0.3) is 17.1 Å². The molecule has 12 nitrogen and oxygen atoms in total. The minimum Gasteiger partial charge on any atom is -0.454 e. The predicted molar refractivity (Wildman–Crippen MR) is 111 cm³/mol. The molecule has 5 rings (SSSR count). The summed E-state index contributed by atoms with van der Waals surface area (Å²) in [6.45, 7) is 1.89. The molecular formula is C20H16N8O4. The van der Waals surface area contributed by atoms with Crippen molar-refractivity contribution in [1.29, 1.82) is 0 Å². The number of nitrogen functional groups attached to an aromatic ring is 1. The number of nitrogens with two attached hydrogens (primary N) is 1. The highest BCUT2D eigenvalue weighted by Crippen LogP contribution is 2.37. The van der Waals surface area contributed by atoms with E-state index in [9.17, 15) is 4.79 Å². The predicted octanol–water partition coefficient (Wildman–Crippen LogP) is 1.78. The zero-order valence-electron chi connectivity index (χ0n) is 16.7. The van der Waals surface area contributed by atoms with E-state index in [1.54, 1.807) is 25.1 Å². The number of rotatable bonds is 5. The highest BCUT2D eigenvalue weighted by Gasteiger charge is 2.26. The number of anilines is 1. The van der Waals surface area contributed by atoms with E-state index in [1.165, 1.54) is 4.68 Å². The number of hydrazone groups is 1. The molecule has 0 spiro atoms. The standard InChI is InChI=1S/C20H16N8O4/c1-11(12-5-3-2-4-6-12)22-24-20(29)16-17(13-7-8-14-15(9-13)31-10-30-14)28(27-23-16)19-18(21)25-32-26-19/h2-9H,10H2,1H3,(H2,21,25)(H,24,29)/b22-11-. The van der Waals surface area contributed by atoms with Crippen LogP contribution in [0.4, 0.5) is 5.82 Å². The van der Waals surface area contributed by atoms with Gasteiger partial charge >= 0.3 is 0 Å². The molecule has 0 saturated carbocycles. The minimum atomic E-state index is -0.575. The first-order valence-electron chi connectivity index (χ1n) is 9.46. The minimum absolute atomic E-state index is 0.00382. The van der Waals surface area contributed by atoms with E-state index in [0.717, 1.165) is 5.56 Å². The lowest BCUT2D eigenvalue weighted by molar-refractivity contribution is 0.0950. The number of carbonyl (C=O) groups excluding carboxylic acids is 1. The van der Waals surface area contributed by atoms with Crippen LogP contribution < -0.4 is 20.6 Å². The smallest absolute Gasteiger partial charge is 0.294 e. The Morgan fingerprint density at radius 1 is 1.12 bits per heavy atom. The van der Waals surface area contributed by atoms with E-state index < -0.39 is 5.91 Å². The second-order valence-electron chi connectivity index (χ2n) is 6.74. The Labute approximate surface area is 180 Å². The maximum absolute atomic E-state index is 13.0. The second kappa shape index (κ2) is 7.83. The molecule has 12 heteroatoms. The summed E-state index contributed by atoms with van der Waals surface area (Å²) in [7, 11) is 0. The number of fused-ring (bicyclic) bond motifs is 1. The van der Waals surface area contributed by atoms with Crippen LogP contribution in [0.1, 0.15) is 23.0 Å². The van der Waals surface area contributed by atoms with Gasteiger partial charge in [-0.25, -0.2) is 10.1 Å². The third-order valence-corrected chi connectivity index (χ3v) is 4.74. The lowest BCUT2D eigenvalue weighted by Crippen LogP contribution is -2.21. The van der Waals surface area contributed by atoms with Crippen molar-refractivity contribution in [3.05, 3.63) is 59.8 Å². The van der Waals surface area contributed by atoms with Gasteiger partial charge in [0.2, 0.25) is 18.4 Å². The van der Waals surface area contributed by atoms with E-state index in [-0.39, 0.29) is 24.1 Å². The van der Waals surface area contributed by atoms with Gasteiger partial charge in [-0.1, -0.05) is 35.5 Å². The van der Waals surface area contributed by atoms with Crippen LogP contribution in [0.15, 0.2) is 58.3 Å². The first-order chi connectivity index (χ1) is 15.6. The van der Waals surface area contributed by atoms with Crippen molar-refractivity contribution in [3.8, 4) is 28.6 Å². The quantitative estimate of drug-likeness (QED) is 0.354. The number of amides is 1. The third-order valence-electron chi connectivity index (χ3n) is 4.74. The van der Waals surface area contributed by atoms with Gasteiger partial charge in [-0.2, -0.15) is 9.78 Å². The van der Waals surface area contributed by atoms with E-state index >= 15 is 0 Å². The zero-order valence-corrected chi connectivity index (χ0v) is 16.7. The van der Waals surface area contributed by atoms with Gasteiger partial charge in [0, 0.05) is 5.56 Å². The number of hydrogen-bond acceptors (Lipinski definition) is 10. The SMILES string of the molecule is C/C(=N/NC(=O)c1nnn(-c2nonc2N)c1-c1ccc2c(c1)OCO2)c1ccccc1. The van der Waals surface area contributed by atoms with Gasteiger partial charge in [-0.05, 0) is 41.0 Å². The number of ether oxygens (including phenoxy) is 2. The summed E-state index contributed by atoms with van der Waals surface area (Å²) in [5, 5.41) is 19.6. The summed E-state index contributed by atoms with van der Waals surface area (Å²) in [6, 6.07) is 14.6. The zero-order chi connectivity index (χ0) is 22.1. The third kappa shape index (κ3) is 3.39. The Morgan fingerprint density at radius 3 is 2.72 bits per heavy atom. The second-order valence-corrected chi connectivity index (χ2v) is 6.74. The molecule has 3 heterocycles. The molecular weight excluding hydrogens is 416 g/mol. The molecule has 1 aliphatic rings. The van der Waals surface area contributed by atoms with Gasteiger partial charge in [0.25, 0.3) is 5.91 Å². The number of carbonyl (C=O) groups is 1. The van der Waals surface area contributed by atoms with Gasteiger partial charge in [0.1, 0.15) is 5.69 Å². The number of nitrogens with zero attached hydrogens (tertiary/aromatic N) is 6. The Hall–Kier alpha value is -4.74. The summed E-state index contributed by atoms with van der Waals surface area (Å²) in [6.07, 6.45) is 0. The van der Waals surface area contributed by atoms with Crippen LogP contribution in [0.3, 0.4) is 0 Å². The van der Waals surface area contributed by atoms with Crippen LogP contribution in [-0.2, 0) is 0 Å². The Bertz CT molecular complexity index is 1330. The maximum Gasteiger partial charge on any atom is 0.294 e. The number of hydrogen-bond donors (Lipinski definition) is 2. The van der Waals surface area contributed by atoms with Crippen molar-refractivity contribution in [3.63, 3.8) is 0 Å². The van der Waals surface area contributed by atoms with Crippen LogP contribution in [0, 0.1) is 0 Å². The number of aromatic nitrogens is 5.